The minimum Gasteiger partial charge on any atom is -0.168 e. The van der Waals surface area contributed by atoms with Crippen molar-refractivity contribution in [2.75, 3.05) is 0 Å². The molecule has 0 atom stereocenters. The van der Waals surface area contributed by atoms with Crippen LogP contribution < -0.4 is 0 Å². The summed E-state index contributed by atoms with van der Waals surface area (Å²) in [6.07, 6.45) is 1.83. The molecule has 0 aliphatic heterocycles. The van der Waals surface area contributed by atoms with Gasteiger partial charge < -0.3 is 0 Å². The fourth-order valence-corrected chi connectivity index (χ4v) is 0.589. The minimum atomic E-state index is -0.750. The lowest BCUT2D eigenvalue weighted by molar-refractivity contribution is 0.630. The number of hydrogen-bond acceptors (Lipinski definition) is 2. The van der Waals surface area contributed by atoms with Gasteiger partial charge in [0.05, 0.1) is 0 Å². The third kappa shape index (κ3) is 5.24. The van der Waals surface area contributed by atoms with Crippen LogP contribution in [0.2, 0.25) is 0 Å². The molecule has 0 radical (unpaired) electrons. The van der Waals surface area contributed by atoms with E-state index >= 15 is 0 Å². The van der Waals surface area contributed by atoms with E-state index in [4.69, 9.17) is 8.42 Å². The molecule has 0 fully saturated rings. The molecule has 0 spiro atoms. The van der Waals surface area contributed by atoms with Gasteiger partial charge in [-0.2, -0.15) is 8.42 Å². The summed E-state index contributed by atoms with van der Waals surface area (Å²) in [6.45, 7) is 3.63. The molecule has 3 heteroatoms. The van der Waals surface area contributed by atoms with Crippen LogP contribution in [0, 0.1) is 0 Å². The Morgan fingerprint density at radius 1 is 1.18 bits per heavy atom. The summed E-state index contributed by atoms with van der Waals surface area (Å²) in [5.74, 6) is 0. The molecule has 1 aromatic carbocycles. The van der Waals surface area contributed by atoms with Gasteiger partial charge in [-0.3, -0.25) is 0 Å². The van der Waals surface area contributed by atoms with E-state index in [2.05, 4.69) is 6.58 Å². The van der Waals surface area contributed by atoms with Crippen molar-refractivity contribution in [1.82, 2.24) is 0 Å². The highest BCUT2D eigenvalue weighted by atomic mass is 32.1. The molecular weight excluding hydrogens is 160 g/mol. The Bertz CT molecular complexity index is 238. The molecule has 11 heavy (non-hydrogen) atoms. The lowest BCUT2D eigenvalue weighted by Gasteiger charge is -1.85. The Morgan fingerprint density at radius 2 is 1.64 bits per heavy atom. The van der Waals surface area contributed by atoms with E-state index in [1.807, 2.05) is 36.4 Å². The van der Waals surface area contributed by atoms with Crippen molar-refractivity contribution in [3.05, 3.63) is 42.5 Å². The van der Waals surface area contributed by atoms with Gasteiger partial charge in [0.1, 0.15) is 0 Å². The molecule has 0 N–H and O–H groups in total. The third-order valence-electron chi connectivity index (χ3n) is 1.04. The molecule has 1 aromatic rings. The fraction of sp³-hybridized carbons (Fsp3) is 0. The second-order valence-corrected chi connectivity index (χ2v) is 1.82. The van der Waals surface area contributed by atoms with Crippen molar-refractivity contribution in [1.29, 1.82) is 0 Å². The first-order valence-corrected chi connectivity index (χ1v) is 3.61. The zero-order valence-corrected chi connectivity index (χ0v) is 6.71. The highest BCUT2D eigenvalue weighted by Gasteiger charge is 1.75. The van der Waals surface area contributed by atoms with E-state index < -0.39 is 11.6 Å². The lowest BCUT2D eigenvalue weighted by Crippen LogP contribution is -1.63. The fourth-order valence-electron chi connectivity index (χ4n) is 0.589. The van der Waals surface area contributed by atoms with Gasteiger partial charge >= 0.3 is 11.6 Å². The average Bonchev–Trinajstić information content (AvgIpc) is 2.08. The minimum absolute atomic E-state index is 0.750. The molecule has 0 amide bonds. The molecule has 0 bridgehead atoms. The third-order valence-corrected chi connectivity index (χ3v) is 1.04. The van der Waals surface area contributed by atoms with Crippen LogP contribution in [-0.2, 0) is 11.6 Å². The van der Waals surface area contributed by atoms with Gasteiger partial charge in [-0.15, -0.1) is 0 Å². The first kappa shape index (κ1) is 9.78. The summed E-state index contributed by atoms with van der Waals surface area (Å²) in [6, 6.07) is 10.0. The zero-order chi connectivity index (χ0) is 8.53. The maximum Gasteiger partial charge on any atom is 0.335 e. The first-order chi connectivity index (χ1) is 5.35. The Labute approximate surface area is 69.2 Å². The van der Waals surface area contributed by atoms with E-state index in [0.717, 1.165) is 0 Å². The van der Waals surface area contributed by atoms with Crippen molar-refractivity contribution >= 4 is 17.6 Å². The van der Waals surface area contributed by atoms with E-state index in [1.54, 1.807) is 0 Å². The van der Waals surface area contributed by atoms with Crippen LogP contribution in [0.3, 0.4) is 0 Å². The van der Waals surface area contributed by atoms with Crippen molar-refractivity contribution in [2.24, 2.45) is 0 Å². The lowest BCUT2D eigenvalue weighted by atomic mass is 10.2. The number of benzene rings is 1. The standard InChI is InChI=1S/C8H8.O2S/c1-2-8-6-4-3-5-7-8;1-3-2/h2-7H,1H2;. The molecule has 0 unspecified atom stereocenters. The summed E-state index contributed by atoms with van der Waals surface area (Å²) < 4.78 is 16.6. The Hall–Kier alpha value is -1.22. The Kier molecular flexibility index (Phi) is 6.13. The van der Waals surface area contributed by atoms with Gasteiger partial charge in [0.15, 0.2) is 0 Å². The maximum absolute atomic E-state index is 8.29. The highest BCUT2D eigenvalue weighted by Crippen LogP contribution is 1.97. The highest BCUT2D eigenvalue weighted by molar-refractivity contribution is 7.51. The summed E-state index contributed by atoms with van der Waals surface area (Å²) in [5.41, 5.74) is 1.17. The summed E-state index contributed by atoms with van der Waals surface area (Å²) in [5, 5.41) is 0. The van der Waals surface area contributed by atoms with Gasteiger partial charge in [0, 0.05) is 0 Å². The van der Waals surface area contributed by atoms with Gasteiger partial charge in [-0.25, -0.2) is 0 Å². The molecular formula is C8H8O2S. The molecule has 0 aliphatic rings. The van der Waals surface area contributed by atoms with Crippen LogP contribution in [0.25, 0.3) is 6.08 Å². The van der Waals surface area contributed by atoms with Crippen LogP contribution in [0.4, 0.5) is 0 Å². The number of hydrogen-bond donors (Lipinski definition) is 0. The SMILES string of the molecule is C=Cc1ccccc1.O=S=O. The van der Waals surface area contributed by atoms with Crippen LogP contribution in [0.15, 0.2) is 36.9 Å². The van der Waals surface area contributed by atoms with E-state index in [9.17, 15) is 0 Å². The Morgan fingerprint density at radius 3 is 1.91 bits per heavy atom. The predicted molar refractivity (Wildman–Crippen MR) is 45.5 cm³/mol. The average molecular weight is 168 g/mol. The predicted octanol–water partition coefficient (Wildman–Crippen LogP) is 1.66. The van der Waals surface area contributed by atoms with Gasteiger partial charge in [-0.1, -0.05) is 43.0 Å². The van der Waals surface area contributed by atoms with E-state index in [-0.39, 0.29) is 0 Å². The van der Waals surface area contributed by atoms with E-state index in [1.165, 1.54) is 5.56 Å². The molecule has 0 aliphatic carbocycles. The van der Waals surface area contributed by atoms with Crippen LogP contribution in [0.1, 0.15) is 5.56 Å². The monoisotopic (exact) mass is 168 g/mol. The summed E-state index contributed by atoms with van der Waals surface area (Å²) >= 11 is -0.750. The summed E-state index contributed by atoms with van der Waals surface area (Å²) in [4.78, 5) is 0. The molecule has 2 nitrogen and oxygen atoms in total. The van der Waals surface area contributed by atoms with Crippen LogP contribution >= 0.6 is 0 Å². The molecule has 58 valence electrons. The number of rotatable bonds is 1. The van der Waals surface area contributed by atoms with Crippen molar-refractivity contribution in [2.45, 2.75) is 0 Å². The first-order valence-electron chi connectivity index (χ1n) is 2.94. The van der Waals surface area contributed by atoms with E-state index in [0.29, 0.717) is 0 Å². The van der Waals surface area contributed by atoms with Crippen molar-refractivity contribution < 1.29 is 8.42 Å². The van der Waals surface area contributed by atoms with Crippen molar-refractivity contribution in [3.63, 3.8) is 0 Å². The molecule has 0 heterocycles. The smallest absolute Gasteiger partial charge is 0.168 e. The Balaban J connectivity index is 0.000000292. The molecule has 0 saturated heterocycles. The summed E-state index contributed by atoms with van der Waals surface area (Å²) in [7, 11) is 0. The molecule has 0 saturated carbocycles. The van der Waals surface area contributed by atoms with Crippen molar-refractivity contribution in [3.8, 4) is 0 Å². The second kappa shape index (κ2) is 6.89. The second-order valence-electron chi connectivity index (χ2n) is 1.68. The van der Waals surface area contributed by atoms with Gasteiger partial charge in [0.25, 0.3) is 0 Å². The maximum atomic E-state index is 8.29. The van der Waals surface area contributed by atoms with Gasteiger partial charge in [-0.05, 0) is 5.56 Å². The quantitative estimate of drug-likeness (QED) is 0.639. The van der Waals surface area contributed by atoms with Gasteiger partial charge in [0.2, 0.25) is 0 Å². The van der Waals surface area contributed by atoms with Crippen LogP contribution in [0.5, 0.6) is 0 Å². The normalized spacial score (nSPS) is 7.27. The molecule has 1 rings (SSSR count). The molecule has 0 aromatic heterocycles. The largest absolute Gasteiger partial charge is 0.335 e. The van der Waals surface area contributed by atoms with Crippen LogP contribution in [-0.4, -0.2) is 8.42 Å². The topological polar surface area (TPSA) is 34.1 Å². The zero-order valence-electron chi connectivity index (χ0n) is 5.90.